The summed E-state index contributed by atoms with van der Waals surface area (Å²) in [6.07, 6.45) is 0. The number of methoxy groups -OCH3 is 1. The fourth-order valence-corrected chi connectivity index (χ4v) is 2.77. The summed E-state index contributed by atoms with van der Waals surface area (Å²) in [5.74, 6) is 0.915. The van der Waals surface area contributed by atoms with Gasteiger partial charge in [0, 0.05) is 5.02 Å². The van der Waals surface area contributed by atoms with Crippen molar-refractivity contribution >= 4 is 23.2 Å². The Kier molecular flexibility index (Phi) is 4.38. The molecule has 2 rings (SSSR count). The molecule has 0 saturated heterocycles. The first kappa shape index (κ1) is 14.2. The zero-order valence-corrected chi connectivity index (χ0v) is 12.7. The fraction of sp³-hybridized carbons (Fsp3) is 0.250. The van der Waals surface area contributed by atoms with Gasteiger partial charge in [-0.2, -0.15) is 0 Å². The van der Waals surface area contributed by atoms with Gasteiger partial charge in [0.1, 0.15) is 5.75 Å². The molecule has 2 aromatic rings. The van der Waals surface area contributed by atoms with Crippen LogP contribution in [-0.4, -0.2) is 7.11 Å². The van der Waals surface area contributed by atoms with Crippen molar-refractivity contribution in [1.29, 1.82) is 0 Å². The molecule has 0 radical (unpaired) electrons. The average molecular weight is 295 g/mol. The van der Waals surface area contributed by atoms with Crippen LogP contribution in [0.25, 0.3) is 0 Å². The Morgan fingerprint density at radius 1 is 1.00 bits per heavy atom. The zero-order valence-electron chi connectivity index (χ0n) is 11.2. The first-order valence-corrected chi connectivity index (χ1v) is 6.89. The third kappa shape index (κ3) is 3.05. The molecule has 0 amide bonds. The highest BCUT2D eigenvalue weighted by atomic mass is 35.5. The van der Waals surface area contributed by atoms with E-state index in [-0.39, 0.29) is 5.38 Å². The largest absolute Gasteiger partial charge is 0.496 e. The van der Waals surface area contributed by atoms with Crippen LogP contribution in [0, 0.1) is 13.8 Å². The smallest absolute Gasteiger partial charge is 0.124 e. The highest BCUT2D eigenvalue weighted by Gasteiger charge is 2.14. The summed E-state index contributed by atoms with van der Waals surface area (Å²) < 4.78 is 5.37. The Balaban J connectivity index is 2.42. The van der Waals surface area contributed by atoms with Crippen molar-refractivity contribution in [3.63, 3.8) is 0 Å². The second-order valence-electron chi connectivity index (χ2n) is 4.61. The van der Waals surface area contributed by atoms with E-state index in [0.29, 0.717) is 5.02 Å². The lowest BCUT2D eigenvalue weighted by Gasteiger charge is -2.15. The molecule has 1 atom stereocenters. The number of hydrogen-bond donors (Lipinski definition) is 0. The molecule has 3 heteroatoms. The van der Waals surface area contributed by atoms with E-state index in [1.54, 1.807) is 7.11 Å². The minimum Gasteiger partial charge on any atom is -0.496 e. The third-order valence-electron chi connectivity index (χ3n) is 3.12. The monoisotopic (exact) mass is 294 g/mol. The molecule has 0 fully saturated rings. The molecule has 1 unspecified atom stereocenters. The molecular weight excluding hydrogens is 279 g/mol. The molecule has 0 bridgehead atoms. The average Bonchev–Trinajstić information content (AvgIpc) is 2.37. The number of halogens is 2. The molecular formula is C16H16Cl2O. The minimum atomic E-state index is -0.206. The third-order valence-corrected chi connectivity index (χ3v) is 3.86. The Morgan fingerprint density at radius 2 is 1.63 bits per heavy atom. The van der Waals surface area contributed by atoms with Gasteiger partial charge in [-0.05, 0) is 48.2 Å². The Morgan fingerprint density at radius 3 is 2.16 bits per heavy atom. The van der Waals surface area contributed by atoms with Gasteiger partial charge in [-0.1, -0.05) is 35.9 Å². The summed E-state index contributed by atoms with van der Waals surface area (Å²) in [5.41, 5.74) is 4.23. The molecule has 0 aromatic heterocycles. The maximum absolute atomic E-state index is 6.54. The summed E-state index contributed by atoms with van der Waals surface area (Å²) in [4.78, 5) is 0. The van der Waals surface area contributed by atoms with Gasteiger partial charge in [0.15, 0.2) is 0 Å². The van der Waals surface area contributed by atoms with Gasteiger partial charge < -0.3 is 4.74 Å². The second kappa shape index (κ2) is 5.85. The Hall–Kier alpha value is -1.18. The SMILES string of the molecule is COc1c(C)cc(C(Cl)c2cccc(Cl)c2)cc1C. The zero-order chi connectivity index (χ0) is 14.0. The lowest BCUT2D eigenvalue weighted by atomic mass is 9.99. The standard InChI is InChI=1S/C16H16Cl2O/c1-10-7-13(8-11(2)16(10)19-3)15(18)12-5-4-6-14(17)9-12/h4-9,15H,1-3H3. The van der Waals surface area contributed by atoms with Gasteiger partial charge in [0.2, 0.25) is 0 Å². The van der Waals surface area contributed by atoms with E-state index in [0.717, 1.165) is 28.0 Å². The molecule has 0 saturated carbocycles. The molecule has 0 N–H and O–H groups in total. The van der Waals surface area contributed by atoms with Crippen LogP contribution in [0.15, 0.2) is 36.4 Å². The molecule has 2 aromatic carbocycles. The summed E-state index contributed by atoms with van der Waals surface area (Å²) in [6.45, 7) is 4.05. The van der Waals surface area contributed by atoms with Gasteiger partial charge >= 0.3 is 0 Å². The van der Waals surface area contributed by atoms with E-state index in [9.17, 15) is 0 Å². The molecule has 100 valence electrons. The van der Waals surface area contributed by atoms with Crippen molar-refractivity contribution in [2.75, 3.05) is 7.11 Å². The van der Waals surface area contributed by atoms with E-state index in [2.05, 4.69) is 12.1 Å². The minimum absolute atomic E-state index is 0.206. The van der Waals surface area contributed by atoms with E-state index in [1.165, 1.54) is 0 Å². The fourth-order valence-electron chi connectivity index (χ4n) is 2.31. The number of aryl methyl sites for hydroxylation is 2. The highest BCUT2D eigenvalue weighted by Crippen LogP contribution is 2.34. The van der Waals surface area contributed by atoms with Crippen LogP contribution in [0.4, 0.5) is 0 Å². The van der Waals surface area contributed by atoms with E-state index < -0.39 is 0 Å². The van der Waals surface area contributed by atoms with Crippen molar-refractivity contribution in [1.82, 2.24) is 0 Å². The molecule has 0 aliphatic rings. The summed E-state index contributed by atoms with van der Waals surface area (Å²) in [6, 6.07) is 11.8. The lowest BCUT2D eigenvalue weighted by molar-refractivity contribution is 0.408. The summed E-state index contributed by atoms with van der Waals surface area (Å²) in [5, 5.41) is 0.493. The van der Waals surface area contributed by atoms with E-state index in [4.69, 9.17) is 27.9 Å². The first-order valence-electron chi connectivity index (χ1n) is 6.07. The number of rotatable bonds is 3. The van der Waals surface area contributed by atoms with Crippen LogP contribution >= 0.6 is 23.2 Å². The topological polar surface area (TPSA) is 9.23 Å². The van der Waals surface area contributed by atoms with Crippen LogP contribution in [0.2, 0.25) is 5.02 Å². The predicted molar refractivity (Wildman–Crippen MR) is 81.6 cm³/mol. The van der Waals surface area contributed by atoms with Crippen LogP contribution in [0.1, 0.15) is 27.6 Å². The maximum Gasteiger partial charge on any atom is 0.124 e. The van der Waals surface area contributed by atoms with Crippen molar-refractivity contribution < 1.29 is 4.74 Å². The van der Waals surface area contributed by atoms with Gasteiger partial charge in [-0.3, -0.25) is 0 Å². The molecule has 0 aliphatic heterocycles. The quantitative estimate of drug-likeness (QED) is 0.699. The molecule has 0 heterocycles. The molecule has 19 heavy (non-hydrogen) atoms. The van der Waals surface area contributed by atoms with Crippen LogP contribution < -0.4 is 4.74 Å². The first-order chi connectivity index (χ1) is 9.02. The maximum atomic E-state index is 6.54. The predicted octanol–water partition coefficient (Wildman–Crippen LogP) is 5.29. The molecule has 0 spiro atoms. The van der Waals surface area contributed by atoms with E-state index in [1.807, 2.05) is 38.1 Å². The van der Waals surface area contributed by atoms with Crippen molar-refractivity contribution in [2.45, 2.75) is 19.2 Å². The number of benzene rings is 2. The van der Waals surface area contributed by atoms with Crippen LogP contribution in [0.3, 0.4) is 0 Å². The van der Waals surface area contributed by atoms with Gasteiger partial charge in [0.25, 0.3) is 0 Å². The number of hydrogen-bond acceptors (Lipinski definition) is 1. The molecule has 1 nitrogen and oxygen atoms in total. The normalized spacial score (nSPS) is 12.3. The molecule has 0 aliphatic carbocycles. The lowest BCUT2D eigenvalue weighted by Crippen LogP contribution is -1.98. The van der Waals surface area contributed by atoms with Crippen LogP contribution in [0.5, 0.6) is 5.75 Å². The Bertz CT molecular complexity index is 570. The summed E-state index contributed by atoms with van der Waals surface area (Å²) >= 11 is 12.6. The van der Waals surface area contributed by atoms with Gasteiger partial charge in [-0.25, -0.2) is 0 Å². The second-order valence-corrected chi connectivity index (χ2v) is 5.48. The van der Waals surface area contributed by atoms with Crippen LogP contribution in [-0.2, 0) is 0 Å². The Labute approximate surface area is 124 Å². The van der Waals surface area contributed by atoms with Gasteiger partial charge in [-0.15, -0.1) is 11.6 Å². The number of alkyl halides is 1. The highest BCUT2D eigenvalue weighted by molar-refractivity contribution is 6.30. The van der Waals surface area contributed by atoms with E-state index >= 15 is 0 Å². The van der Waals surface area contributed by atoms with Crippen molar-refractivity contribution in [2.24, 2.45) is 0 Å². The van der Waals surface area contributed by atoms with Crippen molar-refractivity contribution in [3.05, 3.63) is 63.7 Å². The number of ether oxygens (including phenoxy) is 1. The summed E-state index contributed by atoms with van der Waals surface area (Å²) in [7, 11) is 1.68. The van der Waals surface area contributed by atoms with Gasteiger partial charge in [0.05, 0.1) is 12.5 Å². The van der Waals surface area contributed by atoms with Crippen molar-refractivity contribution in [3.8, 4) is 5.75 Å².